The number of nitrogens with zero attached hydrogens (tertiary/aromatic N) is 3. The van der Waals surface area contributed by atoms with Crippen molar-refractivity contribution < 1.29 is 9.59 Å². The van der Waals surface area contributed by atoms with Crippen LogP contribution < -0.4 is 5.32 Å². The van der Waals surface area contributed by atoms with E-state index in [4.69, 9.17) is 11.6 Å². The Morgan fingerprint density at radius 2 is 2.35 bits per heavy atom. The predicted octanol–water partition coefficient (Wildman–Crippen LogP) is 2.74. The fraction of sp³-hybridized carbons (Fsp3) is 0.200. The lowest BCUT2D eigenvalue weighted by Crippen LogP contribution is -2.29. The van der Waals surface area contributed by atoms with Crippen LogP contribution in [0.3, 0.4) is 0 Å². The third kappa shape index (κ3) is 4.43. The Balaban J connectivity index is 2.08. The minimum absolute atomic E-state index is 0.0985. The second-order valence-corrected chi connectivity index (χ2v) is 6.30. The third-order valence-electron chi connectivity index (χ3n) is 2.88. The highest BCUT2D eigenvalue weighted by molar-refractivity contribution is 8.00. The van der Waals surface area contributed by atoms with Gasteiger partial charge in [-0.05, 0) is 19.1 Å². The monoisotopic (exact) mass is 350 g/mol. The number of aromatic nitrogens is 3. The topological polar surface area (TPSA) is 76.9 Å². The minimum atomic E-state index is -0.721. The first-order valence-electron chi connectivity index (χ1n) is 6.76. The number of rotatable bonds is 7. The number of pyridine rings is 1. The standard InChI is InChI=1S/C15H15ClN4O2S/c1-3-7-23-10(2)13(21)15(22)18-12-9-20(19-14(12)16)11-5-4-6-17-8-11/h3-6,8-10H,1,7H2,2H3,(H,18,22). The summed E-state index contributed by atoms with van der Waals surface area (Å²) in [7, 11) is 0. The van der Waals surface area contributed by atoms with Gasteiger partial charge in [-0.2, -0.15) is 5.10 Å². The van der Waals surface area contributed by atoms with Gasteiger partial charge < -0.3 is 5.32 Å². The van der Waals surface area contributed by atoms with E-state index in [-0.39, 0.29) is 10.8 Å². The Morgan fingerprint density at radius 3 is 3.00 bits per heavy atom. The van der Waals surface area contributed by atoms with E-state index in [1.807, 2.05) is 0 Å². The molecule has 1 N–H and O–H groups in total. The minimum Gasteiger partial charge on any atom is -0.315 e. The molecule has 0 aromatic carbocycles. The van der Waals surface area contributed by atoms with Crippen LogP contribution in [-0.2, 0) is 9.59 Å². The number of amides is 1. The van der Waals surface area contributed by atoms with Gasteiger partial charge in [-0.25, -0.2) is 4.68 Å². The number of carbonyl (C=O) groups excluding carboxylic acids is 2. The molecule has 8 heteroatoms. The van der Waals surface area contributed by atoms with E-state index in [1.165, 1.54) is 22.6 Å². The normalized spacial score (nSPS) is 11.7. The molecule has 2 heterocycles. The molecule has 0 aliphatic carbocycles. The van der Waals surface area contributed by atoms with Crippen molar-refractivity contribution in [1.82, 2.24) is 14.8 Å². The number of anilines is 1. The molecule has 0 radical (unpaired) electrons. The number of Topliss-reactive ketones (excluding diaryl/α,β-unsaturated/α-hetero) is 1. The zero-order chi connectivity index (χ0) is 16.8. The summed E-state index contributed by atoms with van der Waals surface area (Å²) in [5.74, 6) is -0.649. The van der Waals surface area contributed by atoms with Crippen molar-refractivity contribution in [3.05, 3.63) is 48.5 Å². The van der Waals surface area contributed by atoms with Crippen molar-refractivity contribution in [2.45, 2.75) is 12.2 Å². The smallest absolute Gasteiger partial charge is 0.293 e. The van der Waals surface area contributed by atoms with Gasteiger partial charge in [0.1, 0.15) is 0 Å². The largest absolute Gasteiger partial charge is 0.315 e. The molecule has 0 aliphatic heterocycles. The van der Waals surface area contributed by atoms with E-state index in [0.29, 0.717) is 11.4 Å². The average Bonchev–Trinajstić information content (AvgIpc) is 2.93. The lowest BCUT2D eigenvalue weighted by atomic mass is 10.3. The molecule has 1 atom stereocenters. The number of nitrogens with one attached hydrogen (secondary N) is 1. The van der Waals surface area contributed by atoms with Crippen molar-refractivity contribution in [2.75, 3.05) is 11.1 Å². The summed E-state index contributed by atoms with van der Waals surface area (Å²) < 4.78 is 1.48. The fourth-order valence-corrected chi connectivity index (χ4v) is 2.58. The lowest BCUT2D eigenvalue weighted by molar-refractivity contribution is -0.134. The van der Waals surface area contributed by atoms with Crippen molar-refractivity contribution in [3.8, 4) is 5.69 Å². The number of ketones is 1. The molecular formula is C15H15ClN4O2S. The first-order chi connectivity index (χ1) is 11.0. The summed E-state index contributed by atoms with van der Waals surface area (Å²) in [5.41, 5.74) is 0.964. The molecule has 6 nitrogen and oxygen atoms in total. The molecule has 2 rings (SSSR count). The Morgan fingerprint density at radius 1 is 1.57 bits per heavy atom. The highest BCUT2D eigenvalue weighted by Crippen LogP contribution is 2.22. The number of thioether (sulfide) groups is 1. The number of hydrogen-bond donors (Lipinski definition) is 1. The summed E-state index contributed by atoms with van der Waals surface area (Å²) in [6.45, 7) is 5.26. The van der Waals surface area contributed by atoms with Gasteiger partial charge in [-0.3, -0.25) is 14.6 Å². The summed E-state index contributed by atoms with van der Waals surface area (Å²) in [4.78, 5) is 28.0. The molecule has 1 amide bonds. The van der Waals surface area contributed by atoms with Gasteiger partial charge in [-0.1, -0.05) is 17.7 Å². The summed E-state index contributed by atoms with van der Waals surface area (Å²) in [6, 6.07) is 3.55. The fourth-order valence-electron chi connectivity index (χ4n) is 1.71. The van der Waals surface area contributed by atoms with Crippen molar-refractivity contribution in [1.29, 1.82) is 0 Å². The molecule has 0 saturated carbocycles. The lowest BCUT2D eigenvalue weighted by Gasteiger charge is -2.08. The van der Waals surface area contributed by atoms with Crippen molar-refractivity contribution >= 4 is 40.7 Å². The van der Waals surface area contributed by atoms with Crippen LogP contribution in [0.25, 0.3) is 5.69 Å². The summed E-state index contributed by atoms with van der Waals surface area (Å²) >= 11 is 7.35. The van der Waals surface area contributed by atoms with Crippen LogP contribution >= 0.6 is 23.4 Å². The van der Waals surface area contributed by atoms with Gasteiger partial charge >= 0.3 is 0 Å². The van der Waals surface area contributed by atoms with Crippen LogP contribution in [0.5, 0.6) is 0 Å². The maximum Gasteiger partial charge on any atom is 0.293 e. The first-order valence-corrected chi connectivity index (χ1v) is 8.19. The van der Waals surface area contributed by atoms with E-state index in [0.717, 1.165) is 0 Å². The van der Waals surface area contributed by atoms with Gasteiger partial charge in [0.2, 0.25) is 5.78 Å². The van der Waals surface area contributed by atoms with E-state index < -0.39 is 16.9 Å². The SMILES string of the molecule is C=CCSC(C)C(=O)C(=O)Nc1cn(-c2cccnc2)nc1Cl. The third-order valence-corrected chi connectivity index (χ3v) is 4.31. The van der Waals surface area contributed by atoms with E-state index in [9.17, 15) is 9.59 Å². The van der Waals surface area contributed by atoms with Crippen LogP contribution in [0.4, 0.5) is 5.69 Å². The van der Waals surface area contributed by atoms with Gasteiger partial charge in [0, 0.05) is 11.9 Å². The second kappa shape index (κ2) is 7.94. The maximum atomic E-state index is 12.0. The first kappa shape index (κ1) is 17.2. The molecule has 0 aliphatic rings. The van der Waals surface area contributed by atoms with Crippen LogP contribution in [0.1, 0.15) is 6.92 Å². The molecule has 2 aromatic heterocycles. The summed E-state index contributed by atoms with van der Waals surface area (Å²) in [6.07, 6.45) is 6.46. The van der Waals surface area contributed by atoms with Gasteiger partial charge in [0.25, 0.3) is 5.91 Å². The Kier molecular flexibility index (Phi) is 5.95. The number of hydrogen-bond acceptors (Lipinski definition) is 5. The molecule has 0 bridgehead atoms. The van der Waals surface area contributed by atoms with Crippen LogP contribution in [0.2, 0.25) is 5.15 Å². The molecule has 23 heavy (non-hydrogen) atoms. The molecule has 1 unspecified atom stereocenters. The van der Waals surface area contributed by atoms with Gasteiger partial charge in [0.05, 0.1) is 29.0 Å². The molecule has 0 saturated heterocycles. The molecule has 0 fully saturated rings. The van der Waals surface area contributed by atoms with E-state index in [1.54, 1.807) is 37.5 Å². The van der Waals surface area contributed by atoms with E-state index in [2.05, 4.69) is 22.0 Å². The summed E-state index contributed by atoms with van der Waals surface area (Å²) in [5, 5.41) is 6.22. The maximum absolute atomic E-state index is 12.0. The Bertz CT molecular complexity index is 718. The van der Waals surface area contributed by atoms with Gasteiger partial charge in [-0.15, -0.1) is 18.3 Å². The van der Waals surface area contributed by atoms with Crippen molar-refractivity contribution in [2.24, 2.45) is 0 Å². The predicted molar refractivity (Wildman–Crippen MR) is 92.1 cm³/mol. The zero-order valence-corrected chi connectivity index (χ0v) is 14.0. The Labute approximate surface area is 142 Å². The quantitative estimate of drug-likeness (QED) is 0.613. The highest BCUT2D eigenvalue weighted by Gasteiger charge is 2.23. The van der Waals surface area contributed by atoms with Crippen LogP contribution in [0.15, 0.2) is 43.4 Å². The zero-order valence-electron chi connectivity index (χ0n) is 12.4. The molecule has 120 valence electrons. The molecule has 0 spiro atoms. The van der Waals surface area contributed by atoms with Gasteiger partial charge in [0.15, 0.2) is 5.15 Å². The van der Waals surface area contributed by atoms with Crippen LogP contribution in [-0.4, -0.2) is 37.5 Å². The molecule has 2 aromatic rings. The number of halogens is 1. The molecular weight excluding hydrogens is 336 g/mol. The second-order valence-electron chi connectivity index (χ2n) is 4.57. The van der Waals surface area contributed by atoms with Crippen LogP contribution in [0, 0.1) is 0 Å². The van der Waals surface area contributed by atoms with E-state index >= 15 is 0 Å². The Hall–Kier alpha value is -2.12. The number of carbonyl (C=O) groups is 2. The van der Waals surface area contributed by atoms with Crippen molar-refractivity contribution in [3.63, 3.8) is 0 Å². The highest BCUT2D eigenvalue weighted by atomic mass is 35.5. The average molecular weight is 351 g/mol.